The first-order chi connectivity index (χ1) is 10.8. The summed E-state index contributed by atoms with van der Waals surface area (Å²) in [6.45, 7) is -0.328. The number of carbonyl (C=O) groups excluding carboxylic acids is 1. The number of halogens is 5. The van der Waals surface area contributed by atoms with Gasteiger partial charge in [0.05, 0.1) is 10.6 Å². The molecule has 8 heteroatoms. The Morgan fingerprint density at radius 3 is 2.43 bits per heavy atom. The largest absolute Gasteiger partial charge is 0.484 e. The van der Waals surface area contributed by atoms with Gasteiger partial charge in [-0.3, -0.25) is 4.79 Å². The van der Waals surface area contributed by atoms with Crippen LogP contribution in [0.5, 0.6) is 5.75 Å². The van der Waals surface area contributed by atoms with E-state index >= 15 is 0 Å². The summed E-state index contributed by atoms with van der Waals surface area (Å²) in [5.74, 6) is -0.112. The number of anilines is 1. The lowest BCUT2D eigenvalue weighted by Gasteiger charge is -2.12. The SMILES string of the molecule is O=C(COc1ccc(Br)cc1)Nc1ccc(Cl)c(C(F)(F)F)c1. The molecule has 0 heterocycles. The van der Waals surface area contributed by atoms with Gasteiger partial charge in [-0.1, -0.05) is 27.5 Å². The van der Waals surface area contributed by atoms with E-state index in [0.717, 1.165) is 16.6 Å². The lowest BCUT2D eigenvalue weighted by molar-refractivity contribution is -0.137. The summed E-state index contributed by atoms with van der Waals surface area (Å²) >= 11 is 8.77. The van der Waals surface area contributed by atoms with Crippen LogP contribution in [0.3, 0.4) is 0 Å². The zero-order valence-corrected chi connectivity index (χ0v) is 13.8. The van der Waals surface area contributed by atoms with Crippen molar-refractivity contribution in [1.82, 2.24) is 0 Å². The summed E-state index contributed by atoms with van der Waals surface area (Å²) in [4.78, 5) is 11.7. The fourth-order valence-electron chi connectivity index (χ4n) is 1.70. The van der Waals surface area contributed by atoms with Crippen molar-refractivity contribution in [3.8, 4) is 5.75 Å². The highest BCUT2D eigenvalue weighted by atomic mass is 79.9. The van der Waals surface area contributed by atoms with Gasteiger partial charge in [0.15, 0.2) is 6.61 Å². The first-order valence-corrected chi connectivity index (χ1v) is 7.48. The monoisotopic (exact) mass is 407 g/mol. The van der Waals surface area contributed by atoms with E-state index in [0.29, 0.717) is 5.75 Å². The molecule has 0 radical (unpaired) electrons. The topological polar surface area (TPSA) is 38.3 Å². The fraction of sp³-hybridized carbons (Fsp3) is 0.133. The van der Waals surface area contributed by atoms with Gasteiger partial charge >= 0.3 is 6.18 Å². The molecule has 2 aromatic carbocycles. The van der Waals surface area contributed by atoms with Crippen LogP contribution >= 0.6 is 27.5 Å². The summed E-state index contributed by atoms with van der Waals surface area (Å²) in [5.41, 5.74) is -1.02. The second-order valence-electron chi connectivity index (χ2n) is 4.48. The van der Waals surface area contributed by atoms with E-state index in [1.54, 1.807) is 24.3 Å². The summed E-state index contributed by atoms with van der Waals surface area (Å²) in [6, 6.07) is 9.93. The molecule has 23 heavy (non-hydrogen) atoms. The molecule has 0 aliphatic heterocycles. The molecule has 1 N–H and O–H groups in total. The average molecular weight is 409 g/mol. The lowest BCUT2D eigenvalue weighted by Crippen LogP contribution is -2.20. The van der Waals surface area contributed by atoms with Gasteiger partial charge in [-0.15, -0.1) is 0 Å². The zero-order chi connectivity index (χ0) is 17.0. The molecule has 0 spiro atoms. The predicted molar refractivity (Wildman–Crippen MR) is 84.7 cm³/mol. The third-order valence-corrected chi connectivity index (χ3v) is 3.60. The Morgan fingerprint density at radius 1 is 1.17 bits per heavy atom. The molecule has 2 aromatic rings. The molecule has 0 fully saturated rings. The third-order valence-electron chi connectivity index (χ3n) is 2.74. The Morgan fingerprint density at radius 2 is 1.83 bits per heavy atom. The van der Waals surface area contributed by atoms with Gasteiger partial charge < -0.3 is 10.1 Å². The van der Waals surface area contributed by atoms with Crippen molar-refractivity contribution in [1.29, 1.82) is 0 Å². The highest BCUT2D eigenvalue weighted by Gasteiger charge is 2.33. The van der Waals surface area contributed by atoms with Crippen LogP contribution in [0.25, 0.3) is 0 Å². The van der Waals surface area contributed by atoms with Crippen molar-refractivity contribution in [3.05, 3.63) is 57.5 Å². The quantitative estimate of drug-likeness (QED) is 0.761. The number of rotatable bonds is 4. The number of hydrogen-bond acceptors (Lipinski definition) is 2. The van der Waals surface area contributed by atoms with Gasteiger partial charge in [-0.2, -0.15) is 13.2 Å². The summed E-state index contributed by atoms with van der Waals surface area (Å²) < 4.78 is 44.3. The van der Waals surface area contributed by atoms with Crippen molar-refractivity contribution in [3.63, 3.8) is 0 Å². The Hall–Kier alpha value is -1.73. The van der Waals surface area contributed by atoms with E-state index < -0.39 is 22.7 Å². The molecule has 0 unspecified atom stereocenters. The minimum atomic E-state index is -4.59. The number of alkyl halides is 3. The Kier molecular flexibility index (Phi) is 5.54. The molecule has 0 aliphatic carbocycles. The van der Waals surface area contributed by atoms with Crippen molar-refractivity contribution in [2.75, 3.05) is 11.9 Å². The van der Waals surface area contributed by atoms with Gasteiger partial charge in [0, 0.05) is 10.2 Å². The number of ether oxygens (including phenoxy) is 1. The van der Waals surface area contributed by atoms with E-state index in [9.17, 15) is 18.0 Å². The van der Waals surface area contributed by atoms with Crippen LogP contribution in [-0.4, -0.2) is 12.5 Å². The molecule has 1 amide bonds. The maximum Gasteiger partial charge on any atom is 0.417 e. The van der Waals surface area contributed by atoms with E-state index in [1.807, 2.05) is 0 Å². The molecule has 2 rings (SSSR count). The number of hydrogen-bond donors (Lipinski definition) is 1. The Labute approximate surface area is 143 Å². The van der Waals surface area contributed by atoms with Crippen molar-refractivity contribution in [2.45, 2.75) is 6.18 Å². The predicted octanol–water partition coefficient (Wildman–Crippen LogP) is 5.14. The first kappa shape index (κ1) is 17.6. The van der Waals surface area contributed by atoms with Gasteiger partial charge in [0.25, 0.3) is 5.91 Å². The van der Waals surface area contributed by atoms with Crippen LogP contribution in [0.1, 0.15) is 5.56 Å². The van der Waals surface area contributed by atoms with Gasteiger partial charge in [0.2, 0.25) is 0 Å². The molecule has 0 bridgehead atoms. The van der Waals surface area contributed by atoms with Crippen LogP contribution in [0, 0.1) is 0 Å². The molecule has 0 atom stereocenters. The second-order valence-corrected chi connectivity index (χ2v) is 5.81. The van der Waals surface area contributed by atoms with Gasteiger partial charge in [0.1, 0.15) is 5.75 Å². The van der Waals surface area contributed by atoms with Crippen LogP contribution in [0.15, 0.2) is 46.9 Å². The van der Waals surface area contributed by atoms with Gasteiger partial charge in [-0.25, -0.2) is 0 Å². The van der Waals surface area contributed by atoms with Gasteiger partial charge in [-0.05, 0) is 42.5 Å². The maximum absolute atomic E-state index is 12.7. The molecule has 3 nitrogen and oxygen atoms in total. The lowest BCUT2D eigenvalue weighted by atomic mass is 10.2. The van der Waals surface area contributed by atoms with Crippen molar-refractivity contribution < 1.29 is 22.7 Å². The molecule has 0 saturated carbocycles. The average Bonchev–Trinajstić information content (AvgIpc) is 2.47. The number of nitrogens with one attached hydrogen (secondary N) is 1. The Balaban J connectivity index is 1.99. The normalized spacial score (nSPS) is 11.2. The molecule has 0 aromatic heterocycles. The summed E-state index contributed by atoms with van der Waals surface area (Å²) in [6.07, 6.45) is -4.59. The summed E-state index contributed by atoms with van der Waals surface area (Å²) in [5, 5.41) is 1.90. The standard InChI is InChI=1S/C15H10BrClF3NO2/c16-9-1-4-11(5-2-9)23-8-14(22)21-10-3-6-13(17)12(7-10)15(18,19)20/h1-7H,8H2,(H,21,22). The number of benzene rings is 2. The highest BCUT2D eigenvalue weighted by Crippen LogP contribution is 2.36. The van der Waals surface area contributed by atoms with E-state index in [-0.39, 0.29) is 12.3 Å². The summed E-state index contributed by atoms with van der Waals surface area (Å²) in [7, 11) is 0. The van der Waals surface area contributed by atoms with Crippen LogP contribution in [0.4, 0.5) is 18.9 Å². The number of carbonyl (C=O) groups is 1. The molecular formula is C15H10BrClF3NO2. The van der Waals surface area contributed by atoms with E-state index in [1.165, 1.54) is 6.07 Å². The molecule has 0 saturated heterocycles. The molecule has 122 valence electrons. The van der Waals surface area contributed by atoms with Crippen molar-refractivity contribution in [2.24, 2.45) is 0 Å². The van der Waals surface area contributed by atoms with E-state index in [2.05, 4.69) is 21.2 Å². The smallest absolute Gasteiger partial charge is 0.417 e. The fourth-order valence-corrected chi connectivity index (χ4v) is 2.19. The van der Waals surface area contributed by atoms with Crippen LogP contribution in [0.2, 0.25) is 5.02 Å². The highest BCUT2D eigenvalue weighted by molar-refractivity contribution is 9.10. The maximum atomic E-state index is 12.7. The van der Waals surface area contributed by atoms with Crippen LogP contribution in [-0.2, 0) is 11.0 Å². The molecular weight excluding hydrogens is 399 g/mol. The second kappa shape index (κ2) is 7.23. The van der Waals surface area contributed by atoms with E-state index in [4.69, 9.17) is 16.3 Å². The first-order valence-electron chi connectivity index (χ1n) is 6.30. The number of amides is 1. The minimum Gasteiger partial charge on any atom is -0.484 e. The van der Waals surface area contributed by atoms with Crippen LogP contribution < -0.4 is 10.1 Å². The third kappa shape index (κ3) is 5.14. The van der Waals surface area contributed by atoms with Crippen molar-refractivity contribution >= 4 is 39.1 Å². The Bertz CT molecular complexity index is 705. The minimum absolute atomic E-state index is 0.00821. The zero-order valence-electron chi connectivity index (χ0n) is 11.5. The molecule has 0 aliphatic rings.